The highest BCUT2D eigenvalue weighted by atomic mass is 16.2. The maximum absolute atomic E-state index is 12.3. The third-order valence-electron chi connectivity index (χ3n) is 3.74. The van der Waals surface area contributed by atoms with Gasteiger partial charge in [0.2, 0.25) is 5.91 Å². The molecule has 0 saturated carbocycles. The highest BCUT2D eigenvalue weighted by Crippen LogP contribution is 2.26. The lowest BCUT2D eigenvalue weighted by Gasteiger charge is -2.30. The van der Waals surface area contributed by atoms with Crippen LogP contribution >= 0.6 is 0 Å². The van der Waals surface area contributed by atoms with Gasteiger partial charge in [-0.1, -0.05) is 43.7 Å². The molecule has 17 heavy (non-hydrogen) atoms. The lowest BCUT2D eigenvalue weighted by Crippen LogP contribution is -2.36. The molecule has 0 bridgehead atoms. The van der Waals surface area contributed by atoms with Crippen LogP contribution in [0, 0.1) is 5.92 Å². The van der Waals surface area contributed by atoms with E-state index in [2.05, 4.69) is 26.0 Å². The first-order valence-corrected chi connectivity index (χ1v) is 6.55. The Balaban J connectivity index is 2.17. The zero-order chi connectivity index (χ0) is 12.3. The van der Waals surface area contributed by atoms with Gasteiger partial charge in [0.05, 0.1) is 6.04 Å². The van der Waals surface area contributed by atoms with Gasteiger partial charge in [-0.2, -0.15) is 0 Å². The first-order valence-electron chi connectivity index (χ1n) is 6.55. The first-order chi connectivity index (χ1) is 8.20. The fourth-order valence-electron chi connectivity index (χ4n) is 2.55. The second-order valence-corrected chi connectivity index (χ2v) is 5.02. The number of carbonyl (C=O) groups excluding carboxylic acids is 1. The number of carbonyl (C=O) groups is 1. The Morgan fingerprint density at radius 3 is 2.65 bits per heavy atom. The number of amides is 1. The fourth-order valence-corrected chi connectivity index (χ4v) is 2.55. The van der Waals surface area contributed by atoms with Gasteiger partial charge in [-0.15, -0.1) is 0 Å². The third kappa shape index (κ3) is 2.68. The Labute approximate surface area is 104 Å². The minimum Gasteiger partial charge on any atom is -0.336 e. The van der Waals surface area contributed by atoms with Gasteiger partial charge in [0, 0.05) is 12.5 Å². The molecular formula is C15H21NO. The zero-order valence-electron chi connectivity index (χ0n) is 10.7. The van der Waals surface area contributed by atoms with Crippen molar-refractivity contribution in [3.05, 3.63) is 35.9 Å². The van der Waals surface area contributed by atoms with Crippen LogP contribution in [0.3, 0.4) is 0 Å². The summed E-state index contributed by atoms with van der Waals surface area (Å²) in [5.41, 5.74) is 1.23. The summed E-state index contributed by atoms with van der Waals surface area (Å²) in [5.74, 6) is 0.502. The molecule has 1 aromatic rings. The summed E-state index contributed by atoms with van der Waals surface area (Å²) >= 11 is 0. The predicted octanol–water partition coefficient (Wildman–Crippen LogP) is 3.40. The van der Waals surface area contributed by atoms with Crippen molar-refractivity contribution < 1.29 is 4.79 Å². The summed E-state index contributed by atoms with van der Waals surface area (Å²) in [6.07, 6.45) is 3.34. The summed E-state index contributed by atoms with van der Waals surface area (Å²) in [7, 11) is 0. The molecule has 0 unspecified atom stereocenters. The van der Waals surface area contributed by atoms with Gasteiger partial charge in [0.25, 0.3) is 0 Å². The van der Waals surface area contributed by atoms with Gasteiger partial charge >= 0.3 is 0 Å². The SMILES string of the molecule is C[C@@H]1CCCCN([C@H](C)c2ccccc2)C1=O. The van der Waals surface area contributed by atoms with Crippen LogP contribution in [0.25, 0.3) is 0 Å². The lowest BCUT2D eigenvalue weighted by atomic mass is 10.0. The van der Waals surface area contributed by atoms with Crippen LogP contribution in [0.2, 0.25) is 0 Å². The molecule has 1 aromatic carbocycles. The predicted molar refractivity (Wildman–Crippen MR) is 69.6 cm³/mol. The molecule has 2 atom stereocenters. The minimum atomic E-state index is 0.184. The van der Waals surface area contributed by atoms with Crippen molar-refractivity contribution in [3.63, 3.8) is 0 Å². The van der Waals surface area contributed by atoms with E-state index >= 15 is 0 Å². The van der Waals surface area contributed by atoms with Gasteiger partial charge < -0.3 is 4.90 Å². The minimum absolute atomic E-state index is 0.184. The smallest absolute Gasteiger partial charge is 0.225 e. The van der Waals surface area contributed by atoms with Crippen molar-refractivity contribution in [2.45, 2.75) is 39.2 Å². The number of rotatable bonds is 2. The van der Waals surface area contributed by atoms with Crippen LogP contribution in [-0.2, 0) is 4.79 Å². The van der Waals surface area contributed by atoms with Crippen LogP contribution in [0.15, 0.2) is 30.3 Å². The number of likely N-dealkylation sites (tertiary alicyclic amines) is 1. The fraction of sp³-hybridized carbons (Fsp3) is 0.533. The summed E-state index contributed by atoms with van der Waals surface area (Å²) in [5, 5.41) is 0. The molecule has 2 nitrogen and oxygen atoms in total. The molecular weight excluding hydrogens is 210 g/mol. The summed E-state index contributed by atoms with van der Waals surface area (Å²) in [6.45, 7) is 5.09. The number of hydrogen-bond acceptors (Lipinski definition) is 1. The zero-order valence-corrected chi connectivity index (χ0v) is 10.7. The Bertz CT molecular complexity index is 374. The molecule has 0 radical (unpaired) electrons. The Hall–Kier alpha value is -1.31. The molecule has 0 aromatic heterocycles. The molecule has 1 saturated heterocycles. The molecule has 92 valence electrons. The van der Waals surface area contributed by atoms with Gasteiger partial charge in [-0.25, -0.2) is 0 Å². The summed E-state index contributed by atoms with van der Waals surface area (Å²) < 4.78 is 0. The quantitative estimate of drug-likeness (QED) is 0.764. The van der Waals surface area contributed by atoms with E-state index in [1.807, 2.05) is 23.1 Å². The van der Waals surface area contributed by atoms with Crippen molar-refractivity contribution in [1.29, 1.82) is 0 Å². The van der Waals surface area contributed by atoms with Crippen molar-refractivity contribution in [2.75, 3.05) is 6.54 Å². The molecule has 1 aliphatic heterocycles. The van der Waals surface area contributed by atoms with E-state index < -0.39 is 0 Å². The van der Waals surface area contributed by atoms with E-state index in [0.717, 1.165) is 19.4 Å². The largest absolute Gasteiger partial charge is 0.336 e. The monoisotopic (exact) mass is 231 g/mol. The van der Waals surface area contributed by atoms with Crippen LogP contribution in [0.1, 0.15) is 44.7 Å². The second kappa shape index (κ2) is 5.35. The van der Waals surface area contributed by atoms with Gasteiger partial charge in [-0.3, -0.25) is 4.79 Å². The summed E-state index contributed by atoms with van der Waals surface area (Å²) in [6, 6.07) is 10.5. The maximum Gasteiger partial charge on any atom is 0.225 e. The average Bonchev–Trinajstić information content (AvgIpc) is 2.53. The van der Waals surface area contributed by atoms with Crippen molar-refractivity contribution in [3.8, 4) is 0 Å². The molecule has 1 amide bonds. The first kappa shape index (κ1) is 12.2. The second-order valence-electron chi connectivity index (χ2n) is 5.02. The average molecular weight is 231 g/mol. The molecule has 0 N–H and O–H groups in total. The Morgan fingerprint density at radius 1 is 1.24 bits per heavy atom. The van der Waals surface area contributed by atoms with E-state index in [1.165, 1.54) is 12.0 Å². The van der Waals surface area contributed by atoms with Crippen LogP contribution < -0.4 is 0 Å². The van der Waals surface area contributed by atoms with Gasteiger partial charge in [-0.05, 0) is 25.3 Å². The van der Waals surface area contributed by atoms with Crippen LogP contribution in [0.5, 0.6) is 0 Å². The molecule has 1 aliphatic rings. The molecule has 1 heterocycles. The number of nitrogens with zero attached hydrogens (tertiary/aromatic N) is 1. The number of benzene rings is 1. The highest BCUT2D eigenvalue weighted by molar-refractivity contribution is 5.79. The summed E-state index contributed by atoms with van der Waals surface area (Å²) in [4.78, 5) is 14.3. The standard InChI is InChI=1S/C15H21NO/c1-12-8-6-7-11-16(15(12)17)13(2)14-9-4-3-5-10-14/h3-5,9-10,12-13H,6-8,11H2,1-2H3/t12-,13-/m1/s1. The van der Waals surface area contributed by atoms with E-state index in [4.69, 9.17) is 0 Å². The third-order valence-corrected chi connectivity index (χ3v) is 3.74. The Morgan fingerprint density at radius 2 is 1.94 bits per heavy atom. The highest BCUT2D eigenvalue weighted by Gasteiger charge is 2.27. The van der Waals surface area contributed by atoms with Crippen LogP contribution in [0.4, 0.5) is 0 Å². The van der Waals surface area contributed by atoms with Gasteiger partial charge in [0.15, 0.2) is 0 Å². The van der Waals surface area contributed by atoms with E-state index in [0.29, 0.717) is 5.91 Å². The lowest BCUT2D eigenvalue weighted by molar-refractivity contribution is -0.136. The molecule has 2 heteroatoms. The van der Waals surface area contributed by atoms with Crippen molar-refractivity contribution in [1.82, 2.24) is 4.90 Å². The molecule has 1 fully saturated rings. The maximum atomic E-state index is 12.3. The van der Waals surface area contributed by atoms with Crippen LogP contribution in [-0.4, -0.2) is 17.4 Å². The Kier molecular flexibility index (Phi) is 3.82. The van der Waals surface area contributed by atoms with Gasteiger partial charge in [0.1, 0.15) is 0 Å². The van der Waals surface area contributed by atoms with E-state index in [1.54, 1.807) is 0 Å². The van der Waals surface area contributed by atoms with Crippen molar-refractivity contribution in [2.24, 2.45) is 5.92 Å². The number of hydrogen-bond donors (Lipinski definition) is 0. The molecule has 2 rings (SSSR count). The van der Waals surface area contributed by atoms with E-state index in [-0.39, 0.29) is 12.0 Å². The van der Waals surface area contributed by atoms with E-state index in [9.17, 15) is 4.79 Å². The molecule has 0 aliphatic carbocycles. The molecule has 0 spiro atoms. The normalized spacial score (nSPS) is 23.3. The topological polar surface area (TPSA) is 20.3 Å². The van der Waals surface area contributed by atoms with Crippen molar-refractivity contribution >= 4 is 5.91 Å².